The van der Waals surface area contributed by atoms with Gasteiger partial charge in [-0.1, -0.05) is 24.6 Å². The second-order valence-electron chi connectivity index (χ2n) is 4.83. The molecule has 0 saturated carbocycles. The van der Waals surface area contributed by atoms with E-state index in [1.165, 1.54) is 10.5 Å². The number of thiophene rings is 1. The fourth-order valence-electron chi connectivity index (χ4n) is 2.16. The number of carbonyl (C=O) groups is 1. The van der Waals surface area contributed by atoms with Crippen molar-refractivity contribution in [1.82, 2.24) is 4.98 Å². The van der Waals surface area contributed by atoms with Gasteiger partial charge < -0.3 is 5.11 Å². The lowest BCUT2D eigenvalue weighted by Gasteiger charge is -2.05. The normalized spacial score (nSPS) is 11.5. The third-order valence-corrected chi connectivity index (χ3v) is 4.11. The molecule has 3 nitrogen and oxygen atoms in total. The van der Waals surface area contributed by atoms with Crippen LogP contribution in [0, 0.1) is 0 Å². The topological polar surface area (TPSA) is 50.2 Å². The van der Waals surface area contributed by atoms with Gasteiger partial charge in [0.05, 0.1) is 0 Å². The highest BCUT2D eigenvalue weighted by molar-refractivity contribution is 7.11. The number of allylic oxidation sites excluding steroid dienone is 1. The van der Waals surface area contributed by atoms with Gasteiger partial charge in [0.25, 0.3) is 0 Å². The number of unbranched alkanes of at least 4 members (excludes halogenated alkanes) is 3. The van der Waals surface area contributed by atoms with Crippen LogP contribution in [0.15, 0.2) is 48.1 Å². The quantitative estimate of drug-likeness (QED) is 0.724. The molecule has 0 aliphatic heterocycles. The molecule has 110 valence electrons. The number of rotatable bonds is 8. The largest absolute Gasteiger partial charge is 0.481 e. The predicted molar refractivity (Wildman–Crippen MR) is 86.4 cm³/mol. The van der Waals surface area contributed by atoms with Crippen molar-refractivity contribution in [3.05, 3.63) is 58.6 Å². The van der Waals surface area contributed by atoms with Gasteiger partial charge in [-0.15, -0.1) is 11.3 Å². The average molecular weight is 301 g/mol. The molecule has 1 N–H and O–H groups in total. The highest BCUT2D eigenvalue weighted by Crippen LogP contribution is 2.27. The van der Waals surface area contributed by atoms with Crippen LogP contribution in [0.5, 0.6) is 0 Å². The standard InChI is InChI=1S/C17H19NO2S/c19-17(20)10-4-2-1-3-8-15(16-9-6-12-21-16)14-7-5-11-18-13-14/h5-9,11-13H,1-4,10H2,(H,19,20)/b15-8-. The van der Waals surface area contributed by atoms with Crippen molar-refractivity contribution in [2.75, 3.05) is 0 Å². The monoisotopic (exact) mass is 301 g/mol. The number of carboxylic acids is 1. The maximum Gasteiger partial charge on any atom is 0.303 e. The van der Waals surface area contributed by atoms with Gasteiger partial charge in [-0.25, -0.2) is 0 Å². The minimum absolute atomic E-state index is 0.268. The summed E-state index contributed by atoms with van der Waals surface area (Å²) in [5.74, 6) is -0.708. The van der Waals surface area contributed by atoms with Crippen molar-refractivity contribution in [3.63, 3.8) is 0 Å². The van der Waals surface area contributed by atoms with E-state index in [1.54, 1.807) is 17.5 Å². The second kappa shape index (κ2) is 8.37. The summed E-state index contributed by atoms with van der Waals surface area (Å²) < 4.78 is 0. The van der Waals surface area contributed by atoms with Gasteiger partial charge in [-0.3, -0.25) is 9.78 Å². The molecule has 0 aromatic carbocycles. The zero-order chi connectivity index (χ0) is 14.9. The maximum atomic E-state index is 10.5. The smallest absolute Gasteiger partial charge is 0.303 e. The summed E-state index contributed by atoms with van der Waals surface area (Å²) >= 11 is 1.72. The van der Waals surface area contributed by atoms with Crippen LogP contribution in [-0.4, -0.2) is 16.1 Å². The average Bonchev–Trinajstić information content (AvgIpc) is 3.01. The lowest BCUT2D eigenvalue weighted by atomic mass is 10.0. The Bertz CT molecular complexity index is 576. The molecule has 2 heterocycles. The molecule has 2 rings (SSSR count). The molecule has 0 fully saturated rings. The van der Waals surface area contributed by atoms with Crippen LogP contribution < -0.4 is 0 Å². The summed E-state index contributed by atoms with van der Waals surface area (Å²) in [5, 5.41) is 10.7. The minimum atomic E-state index is -0.708. The molecular formula is C17H19NO2S. The van der Waals surface area contributed by atoms with E-state index in [0.29, 0.717) is 0 Å². The predicted octanol–water partition coefficient (Wildman–Crippen LogP) is 4.61. The van der Waals surface area contributed by atoms with Crippen LogP contribution in [0.1, 0.15) is 42.5 Å². The number of carboxylic acid groups (broad SMARTS) is 1. The highest BCUT2D eigenvalue weighted by atomic mass is 32.1. The molecule has 0 bridgehead atoms. The lowest BCUT2D eigenvalue weighted by Crippen LogP contribution is -1.93. The molecule has 2 aromatic rings. The van der Waals surface area contributed by atoms with Gasteiger partial charge in [-0.2, -0.15) is 0 Å². The minimum Gasteiger partial charge on any atom is -0.481 e. The molecule has 21 heavy (non-hydrogen) atoms. The Morgan fingerprint density at radius 1 is 1.24 bits per heavy atom. The number of pyridine rings is 1. The lowest BCUT2D eigenvalue weighted by molar-refractivity contribution is -0.137. The fourth-order valence-corrected chi connectivity index (χ4v) is 2.95. The van der Waals surface area contributed by atoms with E-state index in [1.807, 2.05) is 12.3 Å². The van der Waals surface area contributed by atoms with Gasteiger partial charge in [0, 0.05) is 29.3 Å². The van der Waals surface area contributed by atoms with Crippen molar-refractivity contribution in [2.24, 2.45) is 0 Å². The summed E-state index contributed by atoms with van der Waals surface area (Å²) in [6, 6.07) is 8.19. The molecule has 0 aliphatic rings. The van der Waals surface area contributed by atoms with Crippen LogP contribution >= 0.6 is 11.3 Å². The Balaban J connectivity index is 1.97. The van der Waals surface area contributed by atoms with E-state index in [2.05, 4.69) is 34.6 Å². The highest BCUT2D eigenvalue weighted by Gasteiger charge is 2.05. The van der Waals surface area contributed by atoms with E-state index < -0.39 is 5.97 Å². The van der Waals surface area contributed by atoms with Gasteiger partial charge in [0.15, 0.2) is 0 Å². The first-order chi connectivity index (χ1) is 10.3. The Morgan fingerprint density at radius 2 is 2.14 bits per heavy atom. The third-order valence-electron chi connectivity index (χ3n) is 3.20. The van der Waals surface area contributed by atoms with Crippen LogP contribution in [0.4, 0.5) is 0 Å². The number of aliphatic carboxylic acids is 1. The molecular weight excluding hydrogens is 282 g/mol. The zero-order valence-corrected chi connectivity index (χ0v) is 12.7. The van der Waals surface area contributed by atoms with Crippen molar-refractivity contribution < 1.29 is 9.90 Å². The summed E-state index contributed by atoms with van der Waals surface area (Å²) in [6.07, 6.45) is 9.85. The number of hydrogen-bond donors (Lipinski definition) is 1. The summed E-state index contributed by atoms with van der Waals surface area (Å²) in [7, 11) is 0. The molecule has 2 aromatic heterocycles. The molecule has 0 aliphatic carbocycles. The third kappa shape index (κ3) is 5.16. The van der Waals surface area contributed by atoms with E-state index in [-0.39, 0.29) is 6.42 Å². The molecule has 0 amide bonds. The van der Waals surface area contributed by atoms with Gasteiger partial charge in [-0.05, 0) is 42.3 Å². The van der Waals surface area contributed by atoms with E-state index in [9.17, 15) is 4.79 Å². The van der Waals surface area contributed by atoms with Crippen molar-refractivity contribution in [2.45, 2.75) is 32.1 Å². The molecule has 0 saturated heterocycles. The Labute approximate surface area is 129 Å². The molecule has 0 radical (unpaired) electrons. The zero-order valence-electron chi connectivity index (χ0n) is 11.9. The number of hydrogen-bond acceptors (Lipinski definition) is 3. The first-order valence-corrected chi connectivity index (χ1v) is 8.01. The molecule has 0 atom stereocenters. The first kappa shape index (κ1) is 15.4. The van der Waals surface area contributed by atoms with Crippen molar-refractivity contribution >= 4 is 22.9 Å². The van der Waals surface area contributed by atoms with Crippen LogP contribution in [0.25, 0.3) is 5.57 Å². The van der Waals surface area contributed by atoms with E-state index in [4.69, 9.17) is 5.11 Å². The van der Waals surface area contributed by atoms with Crippen LogP contribution in [-0.2, 0) is 4.79 Å². The summed E-state index contributed by atoms with van der Waals surface area (Å²) in [5.41, 5.74) is 2.35. The summed E-state index contributed by atoms with van der Waals surface area (Å²) in [6.45, 7) is 0. The molecule has 0 spiro atoms. The van der Waals surface area contributed by atoms with Gasteiger partial charge in [0.1, 0.15) is 0 Å². The Morgan fingerprint density at radius 3 is 2.81 bits per heavy atom. The van der Waals surface area contributed by atoms with Gasteiger partial charge >= 0.3 is 5.97 Å². The van der Waals surface area contributed by atoms with Crippen molar-refractivity contribution in [3.8, 4) is 0 Å². The number of nitrogens with zero attached hydrogens (tertiary/aromatic N) is 1. The van der Waals surface area contributed by atoms with Crippen LogP contribution in [0.3, 0.4) is 0 Å². The fraction of sp³-hybridized carbons (Fsp3) is 0.294. The number of aromatic nitrogens is 1. The van der Waals surface area contributed by atoms with E-state index in [0.717, 1.165) is 31.2 Å². The Hall–Kier alpha value is -1.94. The van der Waals surface area contributed by atoms with Gasteiger partial charge in [0.2, 0.25) is 0 Å². The first-order valence-electron chi connectivity index (χ1n) is 7.13. The van der Waals surface area contributed by atoms with Crippen LogP contribution in [0.2, 0.25) is 0 Å². The molecule has 0 unspecified atom stereocenters. The molecule has 4 heteroatoms. The maximum absolute atomic E-state index is 10.5. The van der Waals surface area contributed by atoms with E-state index >= 15 is 0 Å². The Kier molecular flexibility index (Phi) is 6.16. The second-order valence-corrected chi connectivity index (χ2v) is 5.78. The SMILES string of the molecule is O=C(O)CCCCC/C=C(/c1cccnc1)c1cccs1. The summed E-state index contributed by atoms with van der Waals surface area (Å²) in [4.78, 5) is 15.9. The van der Waals surface area contributed by atoms with Crippen molar-refractivity contribution in [1.29, 1.82) is 0 Å².